The monoisotopic (exact) mass is 468 g/mol. The lowest BCUT2D eigenvalue weighted by molar-refractivity contribution is -0.121. The summed E-state index contributed by atoms with van der Waals surface area (Å²) in [4.78, 5) is 32.7. The zero-order valence-electron chi connectivity index (χ0n) is 17.0. The van der Waals surface area contributed by atoms with Gasteiger partial charge in [-0.3, -0.25) is 14.6 Å². The molecule has 0 aliphatic heterocycles. The lowest BCUT2D eigenvalue weighted by Gasteiger charge is -2.05. The number of benzene rings is 1. The van der Waals surface area contributed by atoms with E-state index in [0.717, 1.165) is 34.8 Å². The van der Waals surface area contributed by atoms with Crippen molar-refractivity contribution in [2.45, 2.75) is 0 Å². The third-order valence-electron chi connectivity index (χ3n) is 4.11. The van der Waals surface area contributed by atoms with Crippen LogP contribution in [-0.2, 0) is 20.6 Å². The van der Waals surface area contributed by atoms with Crippen LogP contribution in [0, 0.1) is 0 Å². The number of rotatable bonds is 8. The van der Waals surface area contributed by atoms with Crippen molar-refractivity contribution in [3.05, 3.63) is 65.9 Å². The quantitative estimate of drug-likeness (QED) is 0.342. The lowest BCUT2D eigenvalue weighted by Crippen LogP contribution is -2.34. The number of amides is 2. The largest absolute Gasteiger partial charge is 0.404 e. The van der Waals surface area contributed by atoms with Crippen LogP contribution in [0.5, 0.6) is 0 Å². The number of nitrogens with zero attached hydrogens (tertiary/aromatic N) is 3. The molecule has 164 valence electrons. The molecule has 4 N–H and O–H groups in total. The fourth-order valence-corrected chi connectivity index (χ4v) is 3.60. The van der Waals surface area contributed by atoms with Gasteiger partial charge in [0.15, 0.2) is 5.13 Å². The summed E-state index contributed by atoms with van der Waals surface area (Å²) in [5.41, 5.74) is 9.08. The normalized spacial score (nSPS) is 12.5. The van der Waals surface area contributed by atoms with Gasteiger partial charge in [0.25, 0.3) is 5.91 Å². The van der Waals surface area contributed by atoms with E-state index in [4.69, 9.17) is 5.73 Å². The van der Waals surface area contributed by atoms with Gasteiger partial charge in [-0.2, -0.15) is 4.40 Å². The van der Waals surface area contributed by atoms with Crippen LogP contribution in [0.15, 0.2) is 70.3 Å². The molecule has 0 aliphatic rings. The number of pyridine rings is 1. The molecule has 1 atom stereocenters. The molecule has 0 aliphatic carbocycles. The van der Waals surface area contributed by atoms with E-state index in [1.54, 1.807) is 12.4 Å². The van der Waals surface area contributed by atoms with E-state index >= 15 is 0 Å². The number of anilines is 1. The van der Waals surface area contributed by atoms with Crippen molar-refractivity contribution in [3.63, 3.8) is 0 Å². The van der Waals surface area contributed by atoms with Crippen molar-refractivity contribution < 1.29 is 13.8 Å². The van der Waals surface area contributed by atoms with Crippen LogP contribution in [0.25, 0.3) is 22.4 Å². The standard InChI is InChI=1S/C21H20N6O3S2/c1-32(30)25-11-17(10-22)20(29)24-12-19(28)27-21-26-18(13-31-21)16-4-2-3-15(9-16)14-5-7-23-8-6-14/h2-11,13H,12,22H2,1H3,(H,24,29)(H,26,27,28)/b17-10+,25-11+. The van der Waals surface area contributed by atoms with E-state index in [-0.39, 0.29) is 12.1 Å². The van der Waals surface area contributed by atoms with Crippen LogP contribution < -0.4 is 16.4 Å². The second kappa shape index (κ2) is 11.1. The van der Waals surface area contributed by atoms with Crippen molar-refractivity contribution in [2.75, 3.05) is 18.1 Å². The Morgan fingerprint density at radius 2 is 1.94 bits per heavy atom. The second-order valence-corrected chi connectivity index (χ2v) is 8.28. The number of aromatic nitrogens is 2. The molecule has 0 bridgehead atoms. The molecule has 2 aromatic heterocycles. The zero-order chi connectivity index (χ0) is 22.9. The van der Waals surface area contributed by atoms with E-state index in [9.17, 15) is 13.8 Å². The van der Waals surface area contributed by atoms with E-state index in [1.807, 2.05) is 41.8 Å². The summed E-state index contributed by atoms with van der Waals surface area (Å²) >= 11 is 1.28. The Morgan fingerprint density at radius 1 is 1.19 bits per heavy atom. The Morgan fingerprint density at radius 3 is 2.66 bits per heavy atom. The number of nitrogens with one attached hydrogen (secondary N) is 2. The maximum absolute atomic E-state index is 12.2. The number of hydrogen-bond donors (Lipinski definition) is 3. The van der Waals surface area contributed by atoms with E-state index in [2.05, 4.69) is 25.0 Å². The molecule has 0 radical (unpaired) electrons. The average Bonchev–Trinajstić information content (AvgIpc) is 3.27. The molecule has 3 rings (SSSR count). The van der Waals surface area contributed by atoms with Crippen molar-refractivity contribution in [3.8, 4) is 22.4 Å². The van der Waals surface area contributed by atoms with Gasteiger partial charge in [-0.25, -0.2) is 9.19 Å². The Hall–Kier alpha value is -3.70. The summed E-state index contributed by atoms with van der Waals surface area (Å²) in [5, 5.41) is 7.33. The maximum Gasteiger partial charge on any atom is 0.254 e. The smallest absolute Gasteiger partial charge is 0.254 e. The molecule has 9 nitrogen and oxygen atoms in total. The molecule has 2 heterocycles. The Balaban J connectivity index is 1.60. The maximum atomic E-state index is 12.2. The first-order valence-corrected chi connectivity index (χ1v) is 11.7. The van der Waals surface area contributed by atoms with Crippen LogP contribution in [0.2, 0.25) is 0 Å². The molecule has 0 spiro atoms. The van der Waals surface area contributed by atoms with Crippen molar-refractivity contribution in [2.24, 2.45) is 10.1 Å². The first-order chi connectivity index (χ1) is 15.5. The first kappa shape index (κ1) is 23.0. The molecule has 0 saturated carbocycles. The second-order valence-electron chi connectivity index (χ2n) is 6.37. The van der Waals surface area contributed by atoms with Crippen LogP contribution in [0.3, 0.4) is 0 Å². The van der Waals surface area contributed by atoms with Gasteiger partial charge in [-0.05, 0) is 29.3 Å². The molecular formula is C21H20N6O3S2. The molecule has 1 unspecified atom stereocenters. The molecular weight excluding hydrogens is 448 g/mol. The number of hydrogen-bond acceptors (Lipinski definition) is 7. The topological polar surface area (TPSA) is 139 Å². The third-order valence-corrected chi connectivity index (χ3v) is 5.27. The number of carbonyl (C=O) groups is 2. The Bertz CT molecular complexity index is 1190. The van der Waals surface area contributed by atoms with Crippen molar-refractivity contribution in [1.29, 1.82) is 0 Å². The summed E-state index contributed by atoms with van der Waals surface area (Å²) in [6, 6.07) is 11.8. The third kappa shape index (κ3) is 6.40. The number of carbonyl (C=O) groups excluding carboxylic acids is 2. The molecule has 0 saturated heterocycles. The minimum absolute atomic E-state index is 0.00128. The van der Waals surface area contributed by atoms with Gasteiger partial charge in [-0.1, -0.05) is 18.2 Å². The first-order valence-electron chi connectivity index (χ1n) is 9.30. The SMILES string of the molecule is CS(=O)/N=C/C(=C\N)C(=O)NCC(=O)Nc1nc(-c2cccc(-c3ccncc3)c2)cs1. The molecule has 11 heteroatoms. The van der Waals surface area contributed by atoms with E-state index in [0.29, 0.717) is 5.13 Å². The zero-order valence-corrected chi connectivity index (χ0v) is 18.7. The van der Waals surface area contributed by atoms with Crippen molar-refractivity contribution in [1.82, 2.24) is 15.3 Å². The Labute approximate surface area is 191 Å². The summed E-state index contributed by atoms with van der Waals surface area (Å²) in [5.74, 6) is -1.05. The van der Waals surface area contributed by atoms with Gasteiger partial charge in [0.2, 0.25) is 5.91 Å². The lowest BCUT2D eigenvalue weighted by atomic mass is 10.0. The molecule has 3 aromatic rings. The van der Waals surface area contributed by atoms with Gasteiger partial charge < -0.3 is 16.4 Å². The summed E-state index contributed by atoms with van der Waals surface area (Å²) in [6.07, 6.45) is 6.95. The van der Waals surface area contributed by atoms with Crippen LogP contribution in [0.4, 0.5) is 5.13 Å². The average molecular weight is 469 g/mol. The van der Waals surface area contributed by atoms with Gasteiger partial charge >= 0.3 is 0 Å². The van der Waals surface area contributed by atoms with Crippen LogP contribution in [0.1, 0.15) is 0 Å². The molecule has 0 fully saturated rings. The predicted molar refractivity (Wildman–Crippen MR) is 127 cm³/mol. The predicted octanol–water partition coefficient (Wildman–Crippen LogP) is 2.13. The summed E-state index contributed by atoms with van der Waals surface area (Å²) < 4.78 is 14.6. The Kier molecular flexibility index (Phi) is 7.95. The van der Waals surface area contributed by atoms with Crippen LogP contribution in [-0.4, -0.2) is 45.0 Å². The van der Waals surface area contributed by atoms with Gasteiger partial charge in [0, 0.05) is 35.8 Å². The van der Waals surface area contributed by atoms with Gasteiger partial charge in [-0.15, -0.1) is 11.3 Å². The van der Waals surface area contributed by atoms with E-state index in [1.165, 1.54) is 17.6 Å². The molecule has 32 heavy (non-hydrogen) atoms. The summed E-state index contributed by atoms with van der Waals surface area (Å²) in [6.45, 7) is -0.286. The highest BCUT2D eigenvalue weighted by molar-refractivity contribution is 7.83. The molecule has 2 amide bonds. The summed E-state index contributed by atoms with van der Waals surface area (Å²) in [7, 11) is -1.47. The van der Waals surface area contributed by atoms with Gasteiger partial charge in [0.1, 0.15) is 11.0 Å². The van der Waals surface area contributed by atoms with Gasteiger partial charge in [0.05, 0.1) is 24.0 Å². The minimum atomic E-state index is -1.47. The fourth-order valence-electron chi connectivity index (χ4n) is 2.60. The van der Waals surface area contributed by atoms with Crippen LogP contribution >= 0.6 is 11.3 Å². The highest BCUT2D eigenvalue weighted by Gasteiger charge is 2.12. The number of nitrogens with two attached hydrogens (primary N) is 1. The highest BCUT2D eigenvalue weighted by Crippen LogP contribution is 2.28. The molecule has 1 aromatic carbocycles. The number of thiazole rings is 1. The fraction of sp³-hybridized carbons (Fsp3) is 0.0952. The van der Waals surface area contributed by atoms with E-state index < -0.39 is 22.8 Å². The van der Waals surface area contributed by atoms with Crippen molar-refractivity contribution >= 4 is 45.5 Å². The minimum Gasteiger partial charge on any atom is -0.404 e. The highest BCUT2D eigenvalue weighted by atomic mass is 32.2.